The monoisotopic (exact) mass is 441 g/mol. The van der Waals surface area contributed by atoms with Crippen molar-refractivity contribution in [2.24, 2.45) is 0 Å². The first kappa shape index (κ1) is 21.7. The first-order chi connectivity index (χ1) is 8.72. The molecule has 0 N–H and O–H groups in total. The molecule has 21 heavy (non-hydrogen) atoms. The van der Waals surface area contributed by atoms with Crippen LogP contribution in [0, 0.1) is 0 Å². The Balaban J connectivity index is 0.00000400. The molecule has 0 aliphatic rings. The summed E-state index contributed by atoms with van der Waals surface area (Å²) in [5, 5.41) is -2.46. The summed E-state index contributed by atoms with van der Waals surface area (Å²) in [4.78, 5) is 2.08. The molecule has 0 saturated heterocycles. The number of benzene rings is 1. The molecule has 0 spiro atoms. The van der Waals surface area contributed by atoms with Gasteiger partial charge in [-0.15, -0.1) is 0 Å². The smallest absolute Gasteiger partial charge is 0 e. The fraction of sp³-hybridized carbons (Fsp3) is 0.625. The quantitative estimate of drug-likeness (QED) is 0.411. The Kier molecular flexibility index (Phi) is 6.51. The van der Waals surface area contributed by atoms with Crippen molar-refractivity contribution in [3.05, 3.63) is 24.3 Å². The summed E-state index contributed by atoms with van der Waals surface area (Å²) >= 11 is 14.6. The van der Waals surface area contributed by atoms with E-state index < -0.39 is 5.31 Å². The van der Waals surface area contributed by atoms with Gasteiger partial charge in [-0.3, -0.25) is 0 Å². The second kappa shape index (κ2) is 6.30. The number of rotatable bonds is 2. The van der Waals surface area contributed by atoms with Crippen LogP contribution < -0.4 is 10.2 Å². The Hall–Kier alpha value is 0.692. The molecule has 0 aliphatic heterocycles. The zero-order valence-electron chi connectivity index (χ0n) is 14.3. The molecule has 0 amide bonds. The van der Waals surface area contributed by atoms with Gasteiger partial charge in [-0.1, -0.05) is 0 Å². The van der Waals surface area contributed by atoms with Crippen LogP contribution in [-0.2, 0) is 20.4 Å². The van der Waals surface area contributed by atoms with E-state index in [2.05, 4.69) is 70.7 Å². The molecule has 1 aromatic carbocycles. The van der Waals surface area contributed by atoms with Gasteiger partial charge in [0.05, 0.1) is 0 Å². The first-order valence-corrected chi connectivity index (χ1v) is 11.0. The van der Waals surface area contributed by atoms with E-state index >= 15 is 0 Å². The zero-order valence-corrected chi connectivity index (χ0v) is 18.2. The van der Waals surface area contributed by atoms with Gasteiger partial charge in [-0.05, 0) is 0 Å². The molecule has 5 heteroatoms. The normalized spacial score (nSPS) is 14.9. The first-order valence-electron chi connectivity index (χ1n) is 6.95. The third-order valence-corrected chi connectivity index (χ3v) is 17.3. The standard InChI is InChI=1S/C16H28Cl2NP.Pd/c1-15(2,3)20(17,18,16(4,5)6)14-11-9-13(10-12-14)19(7)8;/h9-12H,1-8H3;. The summed E-state index contributed by atoms with van der Waals surface area (Å²) in [5.41, 5.74) is 1.16. The molecule has 1 rings (SSSR count). The summed E-state index contributed by atoms with van der Waals surface area (Å²) in [5.74, 6) is 0. The van der Waals surface area contributed by atoms with Crippen LogP contribution in [-0.4, -0.2) is 24.4 Å². The number of hydrogen-bond donors (Lipinski definition) is 0. The topological polar surface area (TPSA) is 3.24 Å². The van der Waals surface area contributed by atoms with Crippen molar-refractivity contribution >= 4 is 38.8 Å². The molecule has 0 aliphatic carbocycles. The van der Waals surface area contributed by atoms with E-state index in [9.17, 15) is 0 Å². The van der Waals surface area contributed by atoms with E-state index in [0.717, 1.165) is 11.0 Å². The number of nitrogens with zero attached hydrogens (tertiary/aromatic N) is 1. The van der Waals surface area contributed by atoms with E-state index in [4.69, 9.17) is 22.5 Å². The van der Waals surface area contributed by atoms with Crippen LogP contribution in [0.25, 0.3) is 0 Å². The van der Waals surface area contributed by atoms with Gasteiger partial charge in [0.2, 0.25) is 0 Å². The second-order valence-corrected chi connectivity index (χ2v) is 17.2. The molecule has 126 valence electrons. The molecule has 0 aromatic heterocycles. The number of hydrogen-bond acceptors (Lipinski definition) is 1. The van der Waals surface area contributed by atoms with Crippen molar-refractivity contribution < 1.29 is 20.4 Å². The van der Waals surface area contributed by atoms with E-state index in [1.165, 1.54) is 0 Å². The molecule has 0 heterocycles. The van der Waals surface area contributed by atoms with Crippen molar-refractivity contribution in [3.63, 3.8) is 0 Å². The van der Waals surface area contributed by atoms with Crippen molar-refractivity contribution in [1.29, 1.82) is 0 Å². The maximum Gasteiger partial charge on any atom is 0 e. The molecule has 0 fully saturated rings. The third-order valence-electron chi connectivity index (χ3n) is 4.18. The predicted molar refractivity (Wildman–Crippen MR) is 98.5 cm³/mol. The van der Waals surface area contributed by atoms with Crippen LogP contribution in [0.1, 0.15) is 41.5 Å². The molecule has 1 aromatic rings. The zero-order chi connectivity index (χ0) is 16.0. The number of anilines is 1. The summed E-state index contributed by atoms with van der Waals surface area (Å²) in [7, 11) is 4.06. The van der Waals surface area contributed by atoms with Gasteiger partial charge in [-0.2, -0.15) is 0 Å². The Morgan fingerprint density at radius 3 is 1.38 bits per heavy atom. The molecule has 0 radical (unpaired) electrons. The van der Waals surface area contributed by atoms with Gasteiger partial charge in [0.15, 0.2) is 0 Å². The molecule has 0 atom stereocenters. The molecule has 1 nitrogen and oxygen atoms in total. The van der Waals surface area contributed by atoms with Crippen LogP contribution in [0.3, 0.4) is 0 Å². The summed E-state index contributed by atoms with van der Waals surface area (Å²) in [6.45, 7) is 12.9. The van der Waals surface area contributed by atoms with Gasteiger partial charge < -0.3 is 0 Å². The van der Waals surface area contributed by atoms with Crippen molar-refractivity contribution in [1.82, 2.24) is 0 Å². The maximum absolute atomic E-state index is 7.29. The average Bonchev–Trinajstić information content (AvgIpc) is 2.26. The van der Waals surface area contributed by atoms with Gasteiger partial charge in [0, 0.05) is 20.4 Å². The van der Waals surface area contributed by atoms with E-state index in [0.29, 0.717) is 0 Å². The second-order valence-electron chi connectivity index (χ2n) is 7.66. The van der Waals surface area contributed by atoms with Gasteiger partial charge in [-0.25, -0.2) is 0 Å². The van der Waals surface area contributed by atoms with Crippen LogP contribution >= 0.6 is 27.8 Å². The van der Waals surface area contributed by atoms with Gasteiger partial charge in [0.25, 0.3) is 0 Å². The maximum atomic E-state index is 7.29. The SMILES string of the molecule is CN(C)c1ccc(P(Cl)(Cl)(C(C)(C)C)C(C)(C)C)cc1.[Pd]. The Morgan fingerprint density at radius 1 is 0.810 bits per heavy atom. The van der Waals surface area contributed by atoms with E-state index in [1.807, 2.05) is 14.1 Å². The molecular weight excluding hydrogens is 414 g/mol. The molecule has 0 saturated carbocycles. The Morgan fingerprint density at radius 2 is 1.14 bits per heavy atom. The average molecular weight is 443 g/mol. The third kappa shape index (κ3) is 3.32. The fourth-order valence-electron chi connectivity index (χ4n) is 2.79. The summed E-state index contributed by atoms with van der Waals surface area (Å²) in [6, 6.07) is 8.39. The Bertz CT molecular complexity index is 466. The molecule has 0 unspecified atom stereocenters. The van der Waals surface area contributed by atoms with Crippen LogP contribution in [0.5, 0.6) is 0 Å². The van der Waals surface area contributed by atoms with E-state index in [-0.39, 0.29) is 30.7 Å². The number of halogens is 2. The minimum atomic E-state index is -3.16. The van der Waals surface area contributed by atoms with Crippen LogP contribution in [0.4, 0.5) is 5.69 Å². The van der Waals surface area contributed by atoms with E-state index in [1.54, 1.807) is 0 Å². The fourth-order valence-corrected chi connectivity index (χ4v) is 7.70. The molecular formula is C16H28Cl2NPPd. The summed E-state index contributed by atoms with van der Waals surface area (Å²) in [6.07, 6.45) is 0. The minimum Gasteiger partial charge on any atom is 0 e. The van der Waals surface area contributed by atoms with Crippen molar-refractivity contribution in [2.75, 3.05) is 19.0 Å². The predicted octanol–water partition coefficient (Wildman–Crippen LogP) is 5.83. The van der Waals surface area contributed by atoms with Gasteiger partial charge >= 0.3 is 134 Å². The van der Waals surface area contributed by atoms with Crippen LogP contribution in [0.2, 0.25) is 0 Å². The molecule has 0 bridgehead atoms. The summed E-state index contributed by atoms with van der Waals surface area (Å²) < 4.78 is 0. The van der Waals surface area contributed by atoms with Crippen molar-refractivity contribution in [3.8, 4) is 0 Å². The van der Waals surface area contributed by atoms with Crippen molar-refractivity contribution in [2.45, 2.75) is 51.9 Å². The largest absolute Gasteiger partial charge is 0 e. The Labute approximate surface area is 153 Å². The van der Waals surface area contributed by atoms with Gasteiger partial charge in [0.1, 0.15) is 0 Å². The minimum absolute atomic E-state index is 0. The van der Waals surface area contributed by atoms with Crippen LogP contribution in [0.15, 0.2) is 24.3 Å².